The third-order valence-electron chi connectivity index (χ3n) is 7.30. The molecular weight excluding hydrogens is 471 g/mol. The maximum Gasteiger partial charge on any atom is 0.363 e. The van der Waals surface area contributed by atoms with Crippen molar-refractivity contribution in [3.05, 3.63) is 29.8 Å². The molecule has 10 heteroatoms. The molecule has 1 aliphatic heterocycles. The van der Waals surface area contributed by atoms with Crippen molar-refractivity contribution in [2.45, 2.75) is 70.4 Å². The number of para-hydroxylation sites is 1. The van der Waals surface area contributed by atoms with Crippen molar-refractivity contribution in [3.8, 4) is 5.75 Å². The van der Waals surface area contributed by atoms with Crippen molar-refractivity contribution in [1.29, 1.82) is 0 Å². The first-order valence-corrected chi connectivity index (χ1v) is 24.2. The molecule has 0 aliphatic carbocycles. The standard InChI is InChI=1S/C22H45NO5Si4/c1-25-32(20-24,26-2)17-16-30(5,6)31(7,8)28-29(3,4)15-11-14-23-18-21-12-9-10-13-22(21)27-19-23/h9-10,12-13,24H,11,14-20H2,1-8H3. The zero-order valence-corrected chi connectivity index (χ0v) is 25.5. The highest BCUT2D eigenvalue weighted by Gasteiger charge is 2.48. The van der Waals surface area contributed by atoms with Crippen molar-refractivity contribution in [3.63, 3.8) is 0 Å². The number of benzene rings is 1. The lowest BCUT2D eigenvalue weighted by molar-refractivity contribution is 0.0953. The fourth-order valence-corrected chi connectivity index (χ4v) is 25.8. The van der Waals surface area contributed by atoms with Gasteiger partial charge in [0.15, 0.2) is 16.2 Å². The van der Waals surface area contributed by atoms with Crippen LogP contribution in [-0.4, -0.2) is 76.0 Å². The van der Waals surface area contributed by atoms with Crippen molar-refractivity contribution >= 4 is 32.3 Å². The highest BCUT2D eigenvalue weighted by atomic mass is 29.3. The van der Waals surface area contributed by atoms with Crippen molar-refractivity contribution in [1.82, 2.24) is 4.90 Å². The summed E-state index contributed by atoms with van der Waals surface area (Å²) < 4.78 is 24.2. The van der Waals surface area contributed by atoms with Gasteiger partial charge >= 0.3 is 8.56 Å². The number of hydrogen-bond donors (Lipinski definition) is 1. The van der Waals surface area contributed by atoms with Crippen LogP contribution >= 0.6 is 0 Å². The lowest BCUT2D eigenvalue weighted by Gasteiger charge is -2.44. The van der Waals surface area contributed by atoms with Crippen LogP contribution in [0.2, 0.25) is 57.4 Å². The Morgan fingerprint density at radius 1 is 0.969 bits per heavy atom. The average molecular weight is 516 g/mol. The molecule has 0 radical (unpaired) electrons. The van der Waals surface area contributed by atoms with Crippen LogP contribution in [0.1, 0.15) is 12.0 Å². The smallest absolute Gasteiger partial charge is 0.363 e. The molecule has 184 valence electrons. The van der Waals surface area contributed by atoms with E-state index >= 15 is 0 Å². The normalized spacial score (nSPS) is 16.0. The minimum atomic E-state index is -2.48. The maximum absolute atomic E-state index is 9.82. The zero-order chi connectivity index (χ0) is 24.0. The van der Waals surface area contributed by atoms with E-state index in [-0.39, 0.29) is 6.23 Å². The maximum atomic E-state index is 9.82. The summed E-state index contributed by atoms with van der Waals surface area (Å²) in [6, 6.07) is 11.4. The Morgan fingerprint density at radius 2 is 1.62 bits per heavy atom. The van der Waals surface area contributed by atoms with Crippen LogP contribution in [-0.2, 0) is 19.5 Å². The molecule has 2 rings (SSSR count). The van der Waals surface area contributed by atoms with Gasteiger partial charge in [0.2, 0.25) is 0 Å². The second-order valence-electron chi connectivity index (χ2n) is 10.8. The molecule has 0 fully saturated rings. The molecule has 0 unspecified atom stereocenters. The number of ether oxygens (including phenoxy) is 1. The van der Waals surface area contributed by atoms with E-state index < -0.39 is 32.3 Å². The summed E-state index contributed by atoms with van der Waals surface area (Å²) in [5, 5.41) is 9.82. The number of rotatable bonds is 13. The van der Waals surface area contributed by atoms with Crippen molar-refractivity contribution in [2.24, 2.45) is 0 Å². The Labute approximate surface area is 199 Å². The van der Waals surface area contributed by atoms with Crippen molar-refractivity contribution < 1.29 is 22.8 Å². The predicted octanol–water partition coefficient (Wildman–Crippen LogP) is 4.71. The van der Waals surface area contributed by atoms with Crippen LogP contribution in [0.3, 0.4) is 0 Å². The largest absolute Gasteiger partial charge is 0.478 e. The van der Waals surface area contributed by atoms with Crippen LogP contribution in [0.15, 0.2) is 24.3 Å². The molecule has 32 heavy (non-hydrogen) atoms. The first-order valence-electron chi connectivity index (χ1n) is 11.7. The fraction of sp³-hybridized carbons (Fsp3) is 0.727. The van der Waals surface area contributed by atoms with Crippen LogP contribution < -0.4 is 4.74 Å². The molecule has 1 aromatic rings. The minimum Gasteiger partial charge on any atom is -0.478 e. The van der Waals surface area contributed by atoms with E-state index in [4.69, 9.17) is 17.7 Å². The fourth-order valence-electron chi connectivity index (χ4n) is 4.27. The zero-order valence-electron chi connectivity index (χ0n) is 21.5. The summed E-state index contributed by atoms with van der Waals surface area (Å²) in [6.45, 7) is 17.2. The molecule has 0 spiro atoms. The lowest BCUT2D eigenvalue weighted by Crippen LogP contribution is -2.62. The first-order chi connectivity index (χ1) is 14.9. The predicted molar refractivity (Wildman–Crippen MR) is 142 cm³/mol. The van der Waals surface area contributed by atoms with Crippen LogP contribution in [0.25, 0.3) is 0 Å². The van der Waals surface area contributed by atoms with Gasteiger partial charge in [-0.1, -0.05) is 37.3 Å². The third-order valence-corrected chi connectivity index (χ3v) is 32.8. The molecule has 0 atom stereocenters. The van der Waals surface area contributed by atoms with Gasteiger partial charge in [-0.05, 0) is 50.8 Å². The van der Waals surface area contributed by atoms with Gasteiger partial charge in [-0.2, -0.15) is 0 Å². The van der Waals surface area contributed by atoms with Gasteiger partial charge in [0.25, 0.3) is 0 Å². The van der Waals surface area contributed by atoms with Gasteiger partial charge < -0.3 is 22.8 Å². The summed E-state index contributed by atoms with van der Waals surface area (Å²) in [6.07, 6.45) is 1.16. The van der Waals surface area contributed by atoms with E-state index in [1.165, 1.54) is 5.56 Å². The molecule has 1 aromatic carbocycles. The molecule has 0 saturated carbocycles. The van der Waals surface area contributed by atoms with Gasteiger partial charge in [-0.15, -0.1) is 0 Å². The van der Waals surface area contributed by atoms with Gasteiger partial charge in [0, 0.05) is 32.9 Å². The Bertz CT molecular complexity index is 720. The van der Waals surface area contributed by atoms with E-state index in [9.17, 15) is 5.11 Å². The molecule has 1 heterocycles. The van der Waals surface area contributed by atoms with Crippen molar-refractivity contribution in [2.75, 3.05) is 33.7 Å². The highest BCUT2D eigenvalue weighted by Crippen LogP contribution is 2.33. The summed E-state index contributed by atoms with van der Waals surface area (Å²) in [5.74, 6) is 1.02. The summed E-state index contributed by atoms with van der Waals surface area (Å²) in [7, 11) is -4.39. The third kappa shape index (κ3) is 7.34. The molecule has 0 aromatic heterocycles. The summed E-state index contributed by atoms with van der Waals surface area (Å²) >= 11 is 0. The number of aliphatic hydroxyl groups excluding tert-OH is 1. The molecule has 0 saturated heterocycles. The summed E-state index contributed by atoms with van der Waals surface area (Å²) in [5.41, 5.74) is 1.28. The number of hydrogen-bond acceptors (Lipinski definition) is 6. The number of aliphatic hydroxyl groups is 1. The van der Waals surface area contributed by atoms with E-state index in [0.717, 1.165) is 43.4 Å². The second kappa shape index (κ2) is 11.4. The van der Waals surface area contributed by atoms with E-state index in [2.05, 4.69) is 62.4 Å². The monoisotopic (exact) mass is 515 g/mol. The average Bonchev–Trinajstić information content (AvgIpc) is 2.74. The van der Waals surface area contributed by atoms with Gasteiger partial charge in [-0.3, -0.25) is 4.90 Å². The van der Waals surface area contributed by atoms with Gasteiger partial charge in [-0.25, -0.2) is 0 Å². The van der Waals surface area contributed by atoms with Crippen LogP contribution in [0, 0.1) is 0 Å². The number of fused-ring (bicyclic) bond motifs is 1. The van der Waals surface area contributed by atoms with E-state index in [0.29, 0.717) is 6.73 Å². The molecule has 0 bridgehead atoms. The Morgan fingerprint density at radius 3 is 2.25 bits per heavy atom. The van der Waals surface area contributed by atoms with E-state index in [1.807, 2.05) is 6.07 Å². The van der Waals surface area contributed by atoms with E-state index in [1.54, 1.807) is 14.2 Å². The molecular formula is C22H45NO5Si4. The second-order valence-corrected chi connectivity index (χ2v) is 34.0. The molecule has 6 nitrogen and oxygen atoms in total. The molecule has 1 N–H and O–H groups in total. The Balaban J connectivity index is 1.87. The number of nitrogens with zero attached hydrogens (tertiary/aromatic N) is 1. The molecule has 1 aliphatic rings. The quantitative estimate of drug-likeness (QED) is 0.384. The first kappa shape index (κ1) is 27.9. The van der Waals surface area contributed by atoms with Gasteiger partial charge in [0.1, 0.15) is 12.5 Å². The topological polar surface area (TPSA) is 60.4 Å². The summed E-state index contributed by atoms with van der Waals surface area (Å²) in [4.78, 5) is 2.39. The lowest BCUT2D eigenvalue weighted by atomic mass is 10.1. The van der Waals surface area contributed by atoms with Crippen LogP contribution in [0.5, 0.6) is 5.75 Å². The van der Waals surface area contributed by atoms with Gasteiger partial charge in [0.05, 0.1) is 13.8 Å². The minimum absolute atomic E-state index is 0.0122. The van der Waals surface area contributed by atoms with Crippen LogP contribution in [0.4, 0.5) is 0 Å². The highest BCUT2D eigenvalue weighted by molar-refractivity contribution is 7.39. The Kier molecular flexibility index (Phi) is 9.96. The Hall–Kier alpha value is -0.312. The molecule has 0 amide bonds. The SMILES string of the molecule is CO[Si](CO)(CC[Si](C)(C)[Si](C)(C)O[Si](C)(C)CCCN1COc2ccccc2C1)OC.